The highest BCUT2D eigenvalue weighted by Gasteiger charge is 2.19. The van der Waals surface area contributed by atoms with Crippen molar-refractivity contribution in [2.24, 2.45) is 0 Å². The number of thiophene rings is 1. The summed E-state index contributed by atoms with van der Waals surface area (Å²) in [6.45, 7) is -0.629. The number of hydrogen-bond donors (Lipinski definition) is 1. The number of benzene rings is 4. The maximum absolute atomic E-state index is 11.0. The smallest absolute Gasteiger partial charge is 0.341 e. The summed E-state index contributed by atoms with van der Waals surface area (Å²) >= 11 is 1.70. The molecule has 5 nitrogen and oxygen atoms in total. The first-order valence-electron chi connectivity index (χ1n) is 9.77. The Morgan fingerprint density at radius 3 is 2.25 bits per heavy atom. The van der Waals surface area contributed by atoms with Gasteiger partial charge in [0.05, 0.1) is 11.1 Å². The lowest BCUT2D eigenvalue weighted by atomic mass is 9.91. The van der Waals surface area contributed by atoms with Crippen molar-refractivity contribution in [3.05, 3.63) is 77.9 Å². The summed E-state index contributed by atoms with van der Waals surface area (Å²) in [6.07, 6.45) is 0. The molecule has 0 radical (unpaired) electrons. The van der Waals surface area contributed by atoms with Gasteiger partial charge < -0.3 is 9.84 Å². The fourth-order valence-electron chi connectivity index (χ4n) is 4.08. The van der Waals surface area contributed by atoms with Crippen LogP contribution in [0.25, 0.3) is 42.1 Å². The number of carbonyl (C=O) groups is 1. The van der Waals surface area contributed by atoms with Crippen LogP contribution in [-0.2, 0) is 4.79 Å². The van der Waals surface area contributed by atoms with E-state index in [4.69, 9.17) is 9.84 Å². The van der Waals surface area contributed by atoms with Crippen molar-refractivity contribution >= 4 is 48.3 Å². The minimum Gasteiger partial charge on any atom is -0.479 e. The Hall–Kier alpha value is -4.39. The van der Waals surface area contributed by atoms with Gasteiger partial charge in [-0.3, -0.25) is 0 Å². The molecule has 0 spiro atoms. The van der Waals surface area contributed by atoms with Crippen LogP contribution in [0.3, 0.4) is 0 Å². The van der Waals surface area contributed by atoms with Crippen LogP contribution in [0.1, 0.15) is 11.1 Å². The van der Waals surface area contributed by atoms with E-state index >= 15 is 0 Å². The second kappa shape index (κ2) is 7.70. The molecule has 1 N–H and O–H groups in total. The Balaban J connectivity index is 1.89. The average Bonchev–Trinajstić information content (AvgIpc) is 3.18. The summed E-state index contributed by atoms with van der Waals surface area (Å²) in [6, 6.07) is 25.8. The zero-order valence-corrected chi connectivity index (χ0v) is 17.4. The molecular formula is C26H14N2O3S. The SMILES string of the molecule is N#Cc1cc(-c2c3ccccc3cc3sc4ccccc4c23)cc(C#N)c1OCC(=O)O. The van der Waals surface area contributed by atoms with Gasteiger partial charge in [0.1, 0.15) is 12.1 Å². The summed E-state index contributed by atoms with van der Waals surface area (Å²) in [5.41, 5.74) is 1.90. The number of aliphatic carboxylic acids is 1. The molecule has 0 bridgehead atoms. The van der Waals surface area contributed by atoms with Crippen molar-refractivity contribution in [1.29, 1.82) is 10.5 Å². The quantitative estimate of drug-likeness (QED) is 0.370. The second-order valence-electron chi connectivity index (χ2n) is 7.25. The Morgan fingerprint density at radius 2 is 1.56 bits per heavy atom. The highest BCUT2D eigenvalue weighted by Crippen LogP contribution is 2.45. The maximum atomic E-state index is 11.0. The molecule has 0 atom stereocenters. The van der Waals surface area contributed by atoms with Gasteiger partial charge in [0.2, 0.25) is 0 Å². The van der Waals surface area contributed by atoms with Crippen molar-refractivity contribution in [1.82, 2.24) is 0 Å². The van der Waals surface area contributed by atoms with E-state index in [1.807, 2.05) is 36.4 Å². The van der Waals surface area contributed by atoms with Gasteiger partial charge in [-0.25, -0.2) is 4.79 Å². The first-order chi connectivity index (χ1) is 15.6. The number of nitriles is 2. The Kier molecular flexibility index (Phi) is 4.71. The third-order valence-electron chi connectivity index (χ3n) is 5.35. The molecule has 0 saturated heterocycles. The van der Waals surface area contributed by atoms with Crippen molar-refractivity contribution in [2.75, 3.05) is 6.61 Å². The van der Waals surface area contributed by atoms with Crippen LogP contribution in [0.4, 0.5) is 0 Å². The minimum atomic E-state index is -1.18. The van der Waals surface area contributed by atoms with Gasteiger partial charge in [0, 0.05) is 20.2 Å². The van der Waals surface area contributed by atoms with Crippen LogP contribution in [0.5, 0.6) is 5.75 Å². The molecular weight excluding hydrogens is 420 g/mol. The van der Waals surface area contributed by atoms with Crippen LogP contribution < -0.4 is 4.74 Å². The monoisotopic (exact) mass is 434 g/mol. The van der Waals surface area contributed by atoms with Crippen molar-refractivity contribution in [2.45, 2.75) is 0 Å². The number of rotatable bonds is 4. The number of carboxylic acids is 1. The Labute approximate surface area is 186 Å². The normalized spacial score (nSPS) is 10.8. The van der Waals surface area contributed by atoms with E-state index in [-0.39, 0.29) is 16.9 Å². The van der Waals surface area contributed by atoms with Crippen molar-refractivity contribution in [3.63, 3.8) is 0 Å². The standard InChI is InChI=1S/C26H14N2O3S/c27-12-17-9-16(10-18(13-28)26(17)31-14-23(29)30)24-19-6-2-1-5-15(19)11-22-25(24)20-7-3-4-8-21(20)32-22/h1-11H,14H2,(H,29,30). The summed E-state index contributed by atoms with van der Waals surface area (Å²) in [5.74, 6) is -1.19. The third kappa shape index (κ3) is 3.11. The topological polar surface area (TPSA) is 94.1 Å². The zero-order chi connectivity index (χ0) is 22.2. The number of fused-ring (bicyclic) bond motifs is 4. The first-order valence-corrected chi connectivity index (χ1v) is 10.6. The molecule has 0 aliphatic carbocycles. The molecule has 152 valence electrons. The van der Waals surface area contributed by atoms with Gasteiger partial charge in [-0.1, -0.05) is 42.5 Å². The van der Waals surface area contributed by atoms with E-state index in [0.717, 1.165) is 36.5 Å². The molecule has 0 amide bonds. The molecule has 5 aromatic rings. The molecule has 0 aliphatic rings. The molecule has 6 heteroatoms. The summed E-state index contributed by atoms with van der Waals surface area (Å²) in [4.78, 5) is 11.0. The first kappa shape index (κ1) is 19.6. The van der Waals surface area contributed by atoms with Crippen molar-refractivity contribution in [3.8, 4) is 29.0 Å². The van der Waals surface area contributed by atoms with E-state index in [1.54, 1.807) is 23.5 Å². The largest absolute Gasteiger partial charge is 0.479 e. The lowest BCUT2D eigenvalue weighted by Gasteiger charge is -2.14. The molecule has 0 saturated carbocycles. The van der Waals surface area contributed by atoms with Crippen LogP contribution in [-0.4, -0.2) is 17.7 Å². The van der Waals surface area contributed by atoms with Crippen LogP contribution >= 0.6 is 11.3 Å². The van der Waals surface area contributed by atoms with E-state index in [1.165, 1.54) is 0 Å². The van der Waals surface area contributed by atoms with Crippen LogP contribution in [0, 0.1) is 22.7 Å². The van der Waals surface area contributed by atoms with Crippen LogP contribution in [0.2, 0.25) is 0 Å². The molecule has 32 heavy (non-hydrogen) atoms. The number of ether oxygens (including phenoxy) is 1. The number of nitrogens with zero attached hydrogens (tertiary/aromatic N) is 2. The lowest BCUT2D eigenvalue weighted by Crippen LogP contribution is -2.11. The minimum absolute atomic E-state index is 0.00666. The molecule has 0 unspecified atom stereocenters. The van der Waals surface area contributed by atoms with Gasteiger partial charge in [0.25, 0.3) is 0 Å². The lowest BCUT2D eigenvalue weighted by molar-refractivity contribution is -0.139. The van der Waals surface area contributed by atoms with Crippen molar-refractivity contribution < 1.29 is 14.6 Å². The Morgan fingerprint density at radius 1 is 0.906 bits per heavy atom. The average molecular weight is 434 g/mol. The molecule has 5 rings (SSSR count). The summed E-state index contributed by atoms with van der Waals surface area (Å²) in [7, 11) is 0. The zero-order valence-electron chi connectivity index (χ0n) is 16.6. The summed E-state index contributed by atoms with van der Waals surface area (Å²) < 4.78 is 7.56. The molecule has 1 aromatic heterocycles. The molecule has 0 fully saturated rings. The van der Waals surface area contributed by atoms with Crippen LogP contribution in [0.15, 0.2) is 66.7 Å². The summed E-state index contributed by atoms with van der Waals surface area (Å²) in [5, 5.41) is 32.7. The third-order valence-corrected chi connectivity index (χ3v) is 6.47. The highest BCUT2D eigenvalue weighted by atomic mass is 32.1. The van der Waals surface area contributed by atoms with E-state index in [2.05, 4.69) is 30.3 Å². The number of carboxylic acid groups (broad SMARTS) is 1. The second-order valence-corrected chi connectivity index (χ2v) is 8.33. The predicted molar refractivity (Wildman–Crippen MR) is 125 cm³/mol. The molecule has 1 heterocycles. The maximum Gasteiger partial charge on any atom is 0.341 e. The Bertz CT molecular complexity index is 1600. The van der Waals surface area contributed by atoms with E-state index in [0.29, 0.717) is 5.56 Å². The highest BCUT2D eigenvalue weighted by molar-refractivity contribution is 7.26. The van der Waals surface area contributed by atoms with E-state index in [9.17, 15) is 15.3 Å². The molecule has 4 aromatic carbocycles. The van der Waals surface area contributed by atoms with Gasteiger partial charge in [-0.2, -0.15) is 10.5 Å². The predicted octanol–water partition coefficient (Wildman–Crippen LogP) is 6.08. The van der Waals surface area contributed by atoms with Gasteiger partial charge in [-0.15, -0.1) is 11.3 Å². The molecule has 0 aliphatic heterocycles. The number of hydrogen-bond acceptors (Lipinski definition) is 5. The fraction of sp³-hybridized carbons (Fsp3) is 0.0385. The fourth-order valence-corrected chi connectivity index (χ4v) is 5.24. The van der Waals surface area contributed by atoms with Gasteiger partial charge in [-0.05, 0) is 46.2 Å². The van der Waals surface area contributed by atoms with Gasteiger partial charge >= 0.3 is 5.97 Å². The van der Waals surface area contributed by atoms with Gasteiger partial charge in [0.15, 0.2) is 12.4 Å². The van der Waals surface area contributed by atoms with E-state index < -0.39 is 12.6 Å².